The molecule has 3 heteroatoms. The van der Waals surface area contributed by atoms with Crippen molar-refractivity contribution in [3.63, 3.8) is 0 Å². The smallest absolute Gasteiger partial charge is 0.0419 e. The second-order valence-electron chi connectivity index (χ2n) is 7.90. The van der Waals surface area contributed by atoms with Gasteiger partial charge in [-0.25, -0.2) is 0 Å². The van der Waals surface area contributed by atoms with E-state index in [9.17, 15) is 0 Å². The number of likely N-dealkylation sites (N-methyl/N-ethyl adjacent to an activating group) is 1. The quantitative estimate of drug-likeness (QED) is 0.550. The first-order valence-corrected chi connectivity index (χ1v) is 10.8. The van der Waals surface area contributed by atoms with Crippen LogP contribution in [0.3, 0.4) is 0 Å². The monoisotopic (exact) mass is 381 g/mol. The van der Waals surface area contributed by atoms with Crippen molar-refractivity contribution in [1.82, 2.24) is 10.2 Å². The summed E-state index contributed by atoms with van der Waals surface area (Å²) in [4.78, 5) is 2.58. The molecule has 154 valence electrons. The zero-order valence-corrected chi connectivity index (χ0v) is 18.6. The Balaban J connectivity index is 2.14. The van der Waals surface area contributed by atoms with Gasteiger partial charge in [-0.15, -0.1) is 0 Å². The number of anilines is 1. The van der Waals surface area contributed by atoms with Crippen LogP contribution in [0, 0.1) is 13.8 Å². The third-order valence-corrected chi connectivity index (χ3v) is 5.83. The lowest BCUT2D eigenvalue weighted by Gasteiger charge is -2.32. The highest BCUT2D eigenvalue weighted by atomic mass is 15.1. The molecule has 0 unspecified atom stereocenters. The number of hydrogen-bond acceptors (Lipinski definition) is 3. The summed E-state index contributed by atoms with van der Waals surface area (Å²) >= 11 is 0. The van der Waals surface area contributed by atoms with E-state index < -0.39 is 0 Å². The van der Waals surface area contributed by atoms with Gasteiger partial charge in [0.05, 0.1) is 0 Å². The summed E-state index contributed by atoms with van der Waals surface area (Å²) in [6.07, 6.45) is 9.92. The molecule has 0 aliphatic carbocycles. The minimum Gasteiger partial charge on any atom is -0.355 e. The first-order valence-electron chi connectivity index (χ1n) is 10.8. The Morgan fingerprint density at radius 1 is 1.25 bits per heavy atom. The molecule has 1 aromatic carbocycles. The van der Waals surface area contributed by atoms with Gasteiger partial charge in [0.1, 0.15) is 0 Å². The summed E-state index contributed by atoms with van der Waals surface area (Å²) in [7, 11) is 2.03. The second-order valence-corrected chi connectivity index (χ2v) is 7.90. The molecule has 0 bridgehead atoms. The highest BCUT2D eigenvalue weighted by molar-refractivity contribution is 5.62. The van der Waals surface area contributed by atoms with Gasteiger partial charge < -0.3 is 15.5 Å². The Hall–Kier alpha value is -1.84. The van der Waals surface area contributed by atoms with E-state index in [1.54, 1.807) is 0 Å². The van der Waals surface area contributed by atoms with Crippen molar-refractivity contribution in [2.75, 3.05) is 38.5 Å². The van der Waals surface area contributed by atoms with Crippen molar-refractivity contribution >= 4 is 5.69 Å². The van der Waals surface area contributed by atoms with Gasteiger partial charge in [-0.2, -0.15) is 0 Å². The highest BCUT2D eigenvalue weighted by Crippen LogP contribution is 2.33. The van der Waals surface area contributed by atoms with Crippen molar-refractivity contribution in [1.29, 1.82) is 0 Å². The van der Waals surface area contributed by atoms with E-state index >= 15 is 0 Å². The zero-order valence-electron chi connectivity index (χ0n) is 18.6. The van der Waals surface area contributed by atoms with Crippen LogP contribution in [-0.4, -0.2) is 38.1 Å². The largest absolute Gasteiger partial charge is 0.355 e. The van der Waals surface area contributed by atoms with E-state index in [0.29, 0.717) is 5.92 Å². The lowest BCUT2D eigenvalue weighted by Crippen LogP contribution is -2.37. The molecule has 0 saturated carbocycles. The van der Waals surface area contributed by atoms with E-state index in [0.717, 1.165) is 25.2 Å². The molecule has 1 aromatic rings. The predicted octanol–water partition coefficient (Wildman–Crippen LogP) is 5.54. The number of likely N-dealkylation sites (tertiary alicyclic amines) is 1. The molecule has 1 saturated heterocycles. The zero-order chi connectivity index (χ0) is 20.5. The van der Waals surface area contributed by atoms with Crippen LogP contribution in [0.2, 0.25) is 0 Å². The van der Waals surface area contributed by atoms with Gasteiger partial charge in [-0.3, -0.25) is 0 Å². The molecule has 0 amide bonds. The van der Waals surface area contributed by atoms with Crippen LogP contribution < -0.4 is 10.6 Å². The topological polar surface area (TPSA) is 27.3 Å². The van der Waals surface area contributed by atoms with Gasteiger partial charge >= 0.3 is 0 Å². The molecular formula is C25H39N3. The van der Waals surface area contributed by atoms with E-state index in [-0.39, 0.29) is 0 Å². The average Bonchev–Trinajstić information content (AvgIpc) is 2.69. The number of benzene rings is 1. The summed E-state index contributed by atoms with van der Waals surface area (Å²) < 4.78 is 0. The van der Waals surface area contributed by atoms with Crippen molar-refractivity contribution in [2.24, 2.45) is 0 Å². The summed E-state index contributed by atoms with van der Waals surface area (Å²) in [5.74, 6) is 0.653. The van der Waals surface area contributed by atoms with E-state index in [2.05, 4.69) is 80.2 Å². The molecule has 0 aromatic heterocycles. The number of nitrogens with one attached hydrogen (secondary N) is 2. The first-order chi connectivity index (χ1) is 13.5. The standard InChI is InChI=1S/C25H39N3/c1-7-9-22(10-8-2)21(5)27-25-18-24(17-19(3)20(25)4)23-11-14-28(15-12-23)16-13-26-6/h7,9-10,17-18,23,26-27H,5,8,11-16H2,1-4,6H3/b9-7-,22-10+. The van der Waals surface area contributed by atoms with Crippen LogP contribution >= 0.6 is 0 Å². The van der Waals surface area contributed by atoms with Crippen molar-refractivity contribution in [2.45, 2.75) is 52.9 Å². The van der Waals surface area contributed by atoms with Gasteiger partial charge in [0.15, 0.2) is 0 Å². The van der Waals surface area contributed by atoms with Crippen molar-refractivity contribution < 1.29 is 0 Å². The van der Waals surface area contributed by atoms with E-state index in [4.69, 9.17) is 0 Å². The van der Waals surface area contributed by atoms with Crippen LogP contribution in [0.5, 0.6) is 0 Å². The molecule has 28 heavy (non-hydrogen) atoms. The van der Waals surface area contributed by atoms with E-state index in [1.807, 2.05) is 7.05 Å². The third kappa shape index (κ3) is 6.08. The molecule has 0 radical (unpaired) electrons. The Bertz CT molecular complexity index is 707. The number of nitrogens with zero attached hydrogens (tertiary/aromatic N) is 1. The summed E-state index contributed by atoms with van der Waals surface area (Å²) in [5.41, 5.74) is 7.49. The fourth-order valence-electron chi connectivity index (χ4n) is 3.94. The van der Waals surface area contributed by atoms with Gasteiger partial charge in [0, 0.05) is 24.5 Å². The maximum absolute atomic E-state index is 4.30. The Morgan fingerprint density at radius 3 is 2.57 bits per heavy atom. The molecule has 0 atom stereocenters. The van der Waals surface area contributed by atoms with Gasteiger partial charge in [0.25, 0.3) is 0 Å². The Kier molecular flexibility index (Phi) is 9.01. The second kappa shape index (κ2) is 11.2. The van der Waals surface area contributed by atoms with Crippen LogP contribution in [0.25, 0.3) is 0 Å². The fourth-order valence-corrected chi connectivity index (χ4v) is 3.94. The molecule has 2 N–H and O–H groups in total. The molecule has 2 rings (SSSR count). The Morgan fingerprint density at radius 2 is 1.96 bits per heavy atom. The normalized spacial score (nSPS) is 16.7. The minimum absolute atomic E-state index is 0.653. The molecular weight excluding hydrogens is 342 g/mol. The number of hydrogen-bond donors (Lipinski definition) is 2. The maximum Gasteiger partial charge on any atom is 0.0419 e. The fraction of sp³-hybridized carbons (Fsp3) is 0.520. The minimum atomic E-state index is 0.653. The molecule has 1 fully saturated rings. The molecule has 0 spiro atoms. The predicted molar refractivity (Wildman–Crippen MR) is 124 cm³/mol. The number of rotatable bonds is 9. The molecule has 1 aliphatic heterocycles. The SMILES string of the molecule is C=C(Nc1cc(C2CCN(CCNC)CC2)cc(C)c1C)C(/C=C\C)=C/CC. The van der Waals surface area contributed by atoms with Gasteiger partial charge in [0.2, 0.25) is 0 Å². The van der Waals surface area contributed by atoms with E-state index in [1.165, 1.54) is 53.9 Å². The highest BCUT2D eigenvalue weighted by Gasteiger charge is 2.21. The maximum atomic E-state index is 4.30. The van der Waals surface area contributed by atoms with Crippen LogP contribution in [0.15, 0.2) is 48.2 Å². The summed E-state index contributed by atoms with van der Waals surface area (Å²) in [6, 6.07) is 4.76. The molecule has 1 aliphatic rings. The summed E-state index contributed by atoms with van der Waals surface area (Å²) in [5, 5.41) is 6.86. The third-order valence-electron chi connectivity index (χ3n) is 5.83. The van der Waals surface area contributed by atoms with Crippen molar-refractivity contribution in [3.05, 3.63) is 64.9 Å². The Labute approximate surface area is 172 Å². The van der Waals surface area contributed by atoms with Crippen LogP contribution in [0.1, 0.15) is 55.7 Å². The first kappa shape index (κ1) is 22.4. The van der Waals surface area contributed by atoms with Crippen LogP contribution in [-0.2, 0) is 0 Å². The number of aryl methyl sites for hydroxylation is 1. The summed E-state index contributed by atoms with van der Waals surface area (Å²) in [6.45, 7) is 17.6. The van der Waals surface area contributed by atoms with Gasteiger partial charge in [-0.05, 0) is 94.4 Å². The number of piperidine rings is 1. The number of allylic oxidation sites excluding steroid dienone is 3. The van der Waals surface area contributed by atoms with Crippen LogP contribution in [0.4, 0.5) is 5.69 Å². The molecule has 1 heterocycles. The lowest BCUT2D eigenvalue weighted by molar-refractivity contribution is 0.214. The van der Waals surface area contributed by atoms with Crippen molar-refractivity contribution in [3.8, 4) is 0 Å². The average molecular weight is 382 g/mol. The van der Waals surface area contributed by atoms with Gasteiger partial charge in [-0.1, -0.05) is 37.8 Å². The lowest BCUT2D eigenvalue weighted by atomic mass is 9.87. The molecule has 3 nitrogen and oxygen atoms in total.